The molecule has 4 rings (SSSR count). The molecule has 0 amide bonds. The molecule has 1 aliphatic rings. The van der Waals surface area contributed by atoms with Crippen molar-refractivity contribution in [2.24, 2.45) is 4.99 Å². The molecule has 0 saturated heterocycles. The van der Waals surface area contributed by atoms with Gasteiger partial charge in [0.15, 0.2) is 0 Å². The van der Waals surface area contributed by atoms with Crippen LogP contribution in [0, 0.1) is 0 Å². The number of anilines is 3. The van der Waals surface area contributed by atoms with E-state index in [4.69, 9.17) is 23.2 Å². The number of halogens is 2. The van der Waals surface area contributed by atoms with Crippen molar-refractivity contribution < 1.29 is 0 Å². The Bertz CT molecular complexity index is 983. The molecule has 1 aliphatic heterocycles. The SMILES string of the molecule is CC1=NCN(c2ccc(Nc3nccc(-c4cc(Cl)cc(Cl)c4)n3)cc2)N1. The van der Waals surface area contributed by atoms with Crippen LogP contribution >= 0.6 is 23.2 Å². The Labute approximate surface area is 166 Å². The predicted molar refractivity (Wildman–Crippen MR) is 111 cm³/mol. The van der Waals surface area contributed by atoms with Crippen LogP contribution in [-0.4, -0.2) is 22.5 Å². The Hall–Kier alpha value is -2.83. The maximum absolute atomic E-state index is 6.09. The largest absolute Gasteiger partial charge is 0.324 e. The molecule has 27 heavy (non-hydrogen) atoms. The minimum atomic E-state index is 0.495. The number of aromatic nitrogens is 2. The number of hydrogen-bond acceptors (Lipinski definition) is 6. The van der Waals surface area contributed by atoms with E-state index in [9.17, 15) is 0 Å². The summed E-state index contributed by atoms with van der Waals surface area (Å²) in [4.78, 5) is 13.1. The van der Waals surface area contributed by atoms with Gasteiger partial charge >= 0.3 is 0 Å². The first-order valence-electron chi connectivity index (χ1n) is 8.29. The van der Waals surface area contributed by atoms with Crippen LogP contribution in [0.2, 0.25) is 10.0 Å². The molecule has 0 saturated carbocycles. The first kappa shape index (κ1) is 17.6. The number of aliphatic imine (C=N–C) groups is 1. The molecule has 136 valence electrons. The van der Waals surface area contributed by atoms with Crippen LogP contribution < -0.4 is 15.8 Å². The second-order valence-corrected chi connectivity index (χ2v) is 6.89. The van der Waals surface area contributed by atoms with Crippen LogP contribution in [0.1, 0.15) is 6.92 Å². The number of nitrogens with zero attached hydrogens (tertiary/aromatic N) is 4. The zero-order valence-corrected chi connectivity index (χ0v) is 16.0. The lowest BCUT2D eigenvalue weighted by molar-refractivity contribution is 0.840. The third-order valence-electron chi connectivity index (χ3n) is 4.00. The normalized spacial score (nSPS) is 13.3. The molecular weight excluding hydrogens is 383 g/mol. The van der Waals surface area contributed by atoms with Crippen LogP contribution in [0.4, 0.5) is 17.3 Å². The second-order valence-electron chi connectivity index (χ2n) is 6.02. The molecule has 2 heterocycles. The van der Waals surface area contributed by atoms with E-state index < -0.39 is 0 Å². The zero-order chi connectivity index (χ0) is 18.8. The van der Waals surface area contributed by atoms with Crippen LogP contribution in [0.5, 0.6) is 0 Å². The summed E-state index contributed by atoms with van der Waals surface area (Å²) in [7, 11) is 0. The van der Waals surface area contributed by atoms with E-state index in [-0.39, 0.29) is 0 Å². The van der Waals surface area contributed by atoms with E-state index in [1.54, 1.807) is 12.3 Å². The number of amidine groups is 1. The van der Waals surface area contributed by atoms with Crippen molar-refractivity contribution in [3.05, 3.63) is 64.8 Å². The Morgan fingerprint density at radius 1 is 1.04 bits per heavy atom. The van der Waals surface area contributed by atoms with Gasteiger partial charge in [-0.25, -0.2) is 15.0 Å². The van der Waals surface area contributed by atoms with Gasteiger partial charge in [0.05, 0.1) is 11.4 Å². The smallest absolute Gasteiger partial charge is 0.227 e. The van der Waals surface area contributed by atoms with Gasteiger partial charge in [-0.05, 0) is 55.5 Å². The standard InChI is InChI=1S/C19H16Cl2N6/c1-12-23-11-27(26-12)17-4-2-16(3-5-17)24-19-22-7-6-18(25-19)13-8-14(20)10-15(21)9-13/h2-10H,11H2,1H3,(H,23,26)(H,22,24,25). The molecule has 8 heteroatoms. The molecule has 0 fully saturated rings. The summed E-state index contributed by atoms with van der Waals surface area (Å²) in [6.45, 7) is 2.54. The van der Waals surface area contributed by atoms with Crippen molar-refractivity contribution in [2.75, 3.05) is 17.0 Å². The lowest BCUT2D eigenvalue weighted by atomic mass is 10.1. The molecule has 6 nitrogen and oxygen atoms in total. The summed E-state index contributed by atoms with van der Waals surface area (Å²) in [5.74, 6) is 1.40. The highest BCUT2D eigenvalue weighted by Crippen LogP contribution is 2.27. The Balaban J connectivity index is 1.51. The third-order valence-corrected chi connectivity index (χ3v) is 4.43. The number of hydrazine groups is 1. The summed E-state index contributed by atoms with van der Waals surface area (Å²) in [5.41, 5.74) is 6.68. The molecule has 0 radical (unpaired) electrons. The van der Waals surface area contributed by atoms with Gasteiger partial charge in [-0.15, -0.1) is 0 Å². The summed E-state index contributed by atoms with van der Waals surface area (Å²) in [6.07, 6.45) is 1.70. The van der Waals surface area contributed by atoms with Gasteiger partial charge in [-0.1, -0.05) is 23.2 Å². The van der Waals surface area contributed by atoms with Crippen molar-refractivity contribution >= 4 is 46.4 Å². The lowest BCUT2D eigenvalue weighted by Gasteiger charge is -2.18. The number of benzene rings is 2. The van der Waals surface area contributed by atoms with Crippen molar-refractivity contribution in [1.29, 1.82) is 0 Å². The molecule has 0 unspecified atom stereocenters. The van der Waals surface area contributed by atoms with Crippen molar-refractivity contribution in [2.45, 2.75) is 6.92 Å². The first-order valence-corrected chi connectivity index (χ1v) is 9.04. The molecule has 0 bridgehead atoms. The lowest BCUT2D eigenvalue weighted by Crippen LogP contribution is -2.34. The first-order chi connectivity index (χ1) is 13.1. The maximum Gasteiger partial charge on any atom is 0.227 e. The Kier molecular flexibility index (Phi) is 4.83. The van der Waals surface area contributed by atoms with E-state index in [1.807, 2.05) is 54.4 Å². The fourth-order valence-corrected chi connectivity index (χ4v) is 3.25. The Morgan fingerprint density at radius 2 is 1.78 bits per heavy atom. The van der Waals surface area contributed by atoms with Crippen molar-refractivity contribution in [1.82, 2.24) is 15.4 Å². The summed E-state index contributed by atoms with van der Waals surface area (Å²) < 4.78 is 0. The minimum Gasteiger partial charge on any atom is -0.324 e. The number of rotatable bonds is 4. The van der Waals surface area contributed by atoms with E-state index in [0.29, 0.717) is 22.7 Å². The van der Waals surface area contributed by atoms with Crippen LogP contribution in [0.25, 0.3) is 11.3 Å². The van der Waals surface area contributed by atoms with Crippen LogP contribution in [0.15, 0.2) is 59.7 Å². The molecule has 0 spiro atoms. The molecule has 0 atom stereocenters. The molecule has 0 aliphatic carbocycles. The van der Waals surface area contributed by atoms with E-state index in [2.05, 4.69) is 25.7 Å². The number of hydrogen-bond donors (Lipinski definition) is 2. The topological polar surface area (TPSA) is 65.4 Å². The third kappa shape index (κ3) is 4.13. The highest BCUT2D eigenvalue weighted by molar-refractivity contribution is 6.35. The quantitative estimate of drug-likeness (QED) is 0.654. The average molecular weight is 399 g/mol. The molecule has 2 N–H and O–H groups in total. The fraction of sp³-hybridized carbons (Fsp3) is 0.105. The van der Waals surface area contributed by atoms with E-state index >= 15 is 0 Å². The van der Waals surface area contributed by atoms with Gasteiger partial charge in [0.25, 0.3) is 0 Å². The van der Waals surface area contributed by atoms with Gasteiger partial charge in [0.2, 0.25) is 5.95 Å². The fourth-order valence-electron chi connectivity index (χ4n) is 2.72. The molecular formula is C19H16Cl2N6. The molecule has 2 aromatic carbocycles. The highest BCUT2D eigenvalue weighted by atomic mass is 35.5. The zero-order valence-electron chi connectivity index (χ0n) is 14.4. The van der Waals surface area contributed by atoms with Gasteiger partial charge in [-0.2, -0.15) is 0 Å². The summed E-state index contributed by atoms with van der Waals surface area (Å²) >= 11 is 12.2. The second kappa shape index (κ2) is 7.42. The summed E-state index contributed by atoms with van der Waals surface area (Å²) in [6, 6.07) is 15.1. The molecule has 3 aromatic rings. The van der Waals surface area contributed by atoms with Crippen LogP contribution in [-0.2, 0) is 0 Å². The predicted octanol–water partition coefficient (Wildman–Crippen LogP) is 4.89. The van der Waals surface area contributed by atoms with Gasteiger partial charge in [0, 0.05) is 27.5 Å². The van der Waals surface area contributed by atoms with E-state index in [0.717, 1.165) is 28.5 Å². The minimum absolute atomic E-state index is 0.495. The highest BCUT2D eigenvalue weighted by Gasteiger charge is 2.12. The van der Waals surface area contributed by atoms with Crippen molar-refractivity contribution in [3.8, 4) is 11.3 Å². The van der Waals surface area contributed by atoms with E-state index in [1.165, 1.54) is 0 Å². The van der Waals surface area contributed by atoms with Gasteiger partial charge in [-0.3, -0.25) is 10.4 Å². The average Bonchev–Trinajstić information content (AvgIpc) is 3.08. The Morgan fingerprint density at radius 3 is 2.44 bits per heavy atom. The van der Waals surface area contributed by atoms with Crippen LogP contribution in [0.3, 0.4) is 0 Å². The van der Waals surface area contributed by atoms with Crippen molar-refractivity contribution in [3.63, 3.8) is 0 Å². The number of nitrogens with one attached hydrogen (secondary N) is 2. The monoisotopic (exact) mass is 398 g/mol. The maximum atomic E-state index is 6.09. The summed E-state index contributed by atoms with van der Waals surface area (Å²) in [5, 5.41) is 6.32. The van der Waals surface area contributed by atoms with Gasteiger partial charge < -0.3 is 5.32 Å². The molecule has 1 aromatic heterocycles. The van der Waals surface area contributed by atoms with Gasteiger partial charge in [0.1, 0.15) is 12.5 Å².